The van der Waals surface area contributed by atoms with E-state index in [0.717, 1.165) is 19.5 Å². The Morgan fingerprint density at radius 3 is 2.69 bits per heavy atom. The molecule has 3 heterocycles. The van der Waals surface area contributed by atoms with E-state index in [2.05, 4.69) is 14.9 Å². The quantitative estimate of drug-likeness (QED) is 0.523. The van der Waals surface area contributed by atoms with E-state index in [1.165, 1.54) is 35.0 Å². The number of halogens is 2. The Labute approximate surface area is 190 Å². The van der Waals surface area contributed by atoms with Gasteiger partial charge in [0.25, 0.3) is 11.5 Å². The molecule has 1 saturated heterocycles. The second-order valence-corrected chi connectivity index (χ2v) is 8.05. The van der Waals surface area contributed by atoms with Crippen molar-refractivity contribution in [2.75, 3.05) is 19.6 Å². The number of hydrogen-bond donors (Lipinski definition) is 2. The van der Waals surface area contributed by atoms with Crippen LogP contribution in [0.15, 0.2) is 35.4 Å². The Balaban J connectivity index is 0.00000289. The number of nitrogens with two attached hydrogens (primary N) is 1. The van der Waals surface area contributed by atoms with Gasteiger partial charge in [-0.1, -0.05) is 0 Å². The monoisotopic (exact) mass is 461 g/mol. The van der Waals surface area contributed by atoms with Crippen LogP contribution in [0.5, 0.6) is 0 Å². The smallest absolute Gasteiger partial charge is 0.271 e. The first-order chi connectivity index (χ1) is 14.8. The summed E-state index contributed by atoms with van der Waals surface area (Å²) in [6.45, 7) is 4.12. The fraction of sp³-hybridized carbons (Fsp3) is 0.364. The average Bonchev–Trinajstić information content (AvgIpc) is 3.35. The number of aromatic nitrogens is 3. The third-order valence-corrected chi connectivity index (χ3v) is 5.92. The summed E-state index contributed by atoms with van der Waals surface area (Å²) in [7, 11) is 0. The molecule has 170 valence electrons. The first kappa shape index (κ1) is 23.6. The zero-order chi connectivity index (χ0) is 22.1. The molecule has 1 aromatic carbocycles. The number of carbonyl (C=O) groups is 2. The number of H-pyrrole nitrogens is 1. The normalized spacial score (nSPS) is 16.2. The van der Waals surface area contributed by atoms with Crippen molar-refractivity contribution in [3.63, 3.8) is 0 Å². The number of primary amides is 1. The van der Waals surface area contributed by atoms with E-state index in [-0.39, 0.29) is 41.2 Å². The second kappa shape index (κ2) is 9.62. The van der Waals surface area contributed by atoms with Crippen LogP contribution in [0.3, 0.4) is 0 Å². The SMILES string of the molecule is Cc1[nH]c2c(C(N)=O)ncn2c(=O)c1CCN1CCC(CC(=O)c2ccc(F)cc2)C1.Cl. The summed E-state index contributed by atoms with van der Waals surface area (Å²) in [5.41, 5.74) is 7.29. The molecule has 1 atom stereocenters. The minimum Gasteiger partial charge on any atom is -0.364 e. The number of aromatic amines is 1. The van der Waals surface area contributed by atoms with Crippen LogP contribution in [0, 0.1) is 18.7 Å². The van der Waals surface area contributed by atoms with Gasteiger partial charge in [-0.15, -0.1) is 12.4 Å². The average molecular weight is 462 g/mol. The number of benzene rings is 1. The van der Waals surface area contributed by atoms with Gasteiger partial charge in [-0.25, -0.2) is 9.37 Å². The van der Waals surface area contributed by atoms with Gasteiger partial charge in [0.15, 0.2) is 17.1 Å². The van der Waals surface area contributed by atoms with Gasteiger partial charge in [-0.3, -0.25) is 18.8 Å². The Kier molecular flexibility index (Phi) is 7.10. The summed E-state index contributed by atoms with van der Waals surface area (Å²) >= 11 is 0. The highest BCUT2D eigenvalue weighted by Crippen LogP contribution is 2.22. The maximum absolute atomic E-state index is 13.0. The van der Waals surface area contributed by atoms with Crippen LogP contribution in [0.4, 0.5) is 4.39 Å². The lowest BCUT2D eigenvalue weighted by molar-refractivity contribution is 0.0960. The van der Waals surface area contributed by atoms with Crippen LogP contribution in [0.25, 0.3) is 5.65 Å². The van der Waals surface area contributed by atoms with Crippen molar-refractivity contribution in [1.82, 2.24) is 19.3 Å². The molecule has 0 radical (unpaired) electrons. The molecule has 0 spiro atoms. The summed E-state index contributed by atoms with van der Waals surface area (Å²) in [4.78, 5) is 46.0. The van der Waals surface area contributed by atoms with Gasteiger partial charge < -0.3 is 15.6 Å². The second-order valence-electron chi connectivity index (χ2n) is 8.05. The Morgan fingerprint density at radius 2 is 2.00 bits per heavy atom. The molecular formula is C22H25ClFN5O3. The van der Waals surface area contributed by atoms with Crippen molar-refractivity contribution < 1.29 is 14.0 Å². The van der Waals surface area contributed by atoms with Crippen LogP contribution in [-0.4, -0.2) is 50.6 Å². The van der Waals surface area contributed by atoms with Crippen molar-refractivity contribution in [1.29, 1.82) is 0 Å². The van der Waals surface area contributed by atoms with Crippen LogP contribution in [0.1, 0.15) is 44.9 Å². The molecule has 1 amide bonds. The van der Waals surface area contributed by atoms with E-state index in [4.69, 9.17) is 5.73 Å². The number of amides is 1. The number of aryl methyl sites for hydroxylation is 1. The van der Waals surface area contributed by atoms with Crippen molar-refractivity contribution in [3.8, 4) is 0 Å². The highest BCUT2D eigenvalue weighted by molar-refractivity contribution is 5.97. The topological polar surface area (TPSA) is 114 Å². The summed E-state index contributed by atoms with van der Waals surface area (Å²) < 4.78 is 14.4. The molecule has 2 aromatic heterocycles. The molecule has 1 aliphatic heterocycles. The zero-order valence-corrected chi connectivity index (χ0v) is 18.5. The van der Waals surface area contributed by atoms with Gasteiger partial charge in [0, 0.05) is 36.3 Å². The van der Waals surface area contributed by atoms with Crippen LogP contribution in [0.2, 0.25) is 0 Å². The van der Waals surface area contributed by atoms with Crippen LogP contribution >= 0.6 is 12.4 Å². The van der Waals surface area contributed by atoms with Gasteiger partial charge in [0.05, 0.1) is 0 Å². The largest absolute Gasteiger partial charge is 0.364 e. The molecule has 8 nitrogen and oxygen atoms in total. The van der Waals surface area contributed by atoms with E-state index in [1.54, 1.807) is 6.92 Å². The molecule has 1 fully saturated rings. The first-order valence-electron chi connectivity index (χ1n) is 10.2. The molecule has 0 aliphatic carbocycles. The number of rotatable bonds is 7. The minimum absolute atomic E-state index is 0. The summed E-state index contributed by atoms with van der Waals surface area (Å²) in [5.74, 6) is -0.779. The van der Waals surface area contributed by atoms with E-state index in [0.29, 0.717) is 41.9 Å². The molecule has 0 saturated carbocycles. The van der Waals surface area contributed by atoms with E-state index < -0.39 is 5.91 Å². The number of ketones is 1. The zero-order valence-electron chi connectivity index (χ0n) is 17.6. The summed E-state index contributed by atoms with van der Waals surface area (Å²) in [5, 5.41) is 0. The van der Waals surface area contributed by atoms with Gasteiger partial charge >= 0.3 is 0 Å². The molecular weight excluding hydrogens is 437 g/mol. The van der Waals surface area contributed by atoms with E-state index >= 15 is 0 Å². The number of likely N-dealkylation sites (tertiary alicyclic amines) is 1. The third-order valence-electron chi connectivity index (χ3n) is 5.92. The maximum atomic E-state index is 13.0. The van der Waals surface area contributed by atoms with Gasteiger partial charge in [-0.05, 0) is 56.5 Å². The van der Waals surface area contributed by atoms with E-state index in [9.17, 15) is 18.8 Å². The lowest BCUT2D eigenvalue weighted by Gasteiger charge is -2.16. The predicted octanol–water partition coefficient (Wildman–Crippen LogP) is 2.13. The van der Waals surface area contributed by atoms with Crippen molar-refractivity contribution in [2.24, 2.45) is 11.7 Å². The van der Waals surface area contributed by atoms with Gasteiger partial charge in [0.2, 0.25) is 0 Å². The predicted molar refractivity (Wildman–Crippen MR) is 120 cm³/mol. The number of carbonyl (C=O) groups excluding carboxylic acids is 2. The lowest BCUT2D eigenvalue weighted by Crippen LogP contribution is -2.28. The first-order valence-corrected chi connectivity index (χ1v) is 10.2. The Morgan fingerprint density at radius 1 is 1.28 bits per heavy atom. The fourth-order valence-electron chi connectivity index (χ4n) is 4.22. The molecule has 3 N–H and O–H groups in total. The maximum Gasteiger partial charge on any atom is 0.271 e. The number of hydrogen-bond acceptors (Lipinski definition) is 5. The lowest BCUT2D eigenvalue weighted by atomic mass is 9.97. The number of imidazole rings is 1. The van der Waals surface area contributed by atoms with Crippen LogP contribution < -0.4 is 11.3 Å². The number of fused-ring (bicyclic) bond motifs is 1. The minimum atomic E-state index is -0.691. The highest BCUT2D eigenvalue weighted by Gasteiger charge is 2.25. The number of nitrogens with zero attached hydrogens (tertiary/aromatic N) is 3. The fourth-order valence-corrected chi connectivity index (χ4v) is 4.22. The Hall–Kier alpha value is -3.04. The molecule has 10 heteroatoms. The number of Topliss-reactive ketones (excluding diaryl/α,β-unsaturated/α-hetero) is 1. The highest BCUT2D eigenvalue weighted by atomic mass is 35.5. The summed E-state index contributed by atoms with van der Waals surface area (Å²) in [6.07, 6.45) is 3.19. The van der Waals surface area contributed by atoms with Gasteiger partial charge in [0.1, 0.15) is 12.1 Å². The van der Waals surface area contributed by atoms with Crippen molar-refractivity contribution >= 4 is 29.7 Å². The molecule has 3 aromatic rings. The molecule has 0 bridgehead atoms. The molecule has 1 unspecified atom stereocenters. The van der Waals surface area contributed by atoms with Crippen molar-refractivity contribution in [3.05, 3.63) is 69.3 Å². The Bertz CT molecular complexity index is 1200. The number of nitrogens with one attached hydrogen (secondary N) is 1. The standard InChI is InChI=1S/C22H24FN5O3.ClH/c1-13-17(22(31)28-12-25-19(20(24)30)21(28)26-13)7-9-27-8-6-14(11-27)10-18(29)15-2-4-16(23)5-3-15;/h2-5,12,14,26H,6-11H2,1H3,(H2,24,30);1H. The molecule has 1 aliphatic rings. The third kappa shape index (κ3) is 4.73. The molecule has 4 rings (SSSR count). The van der Waals surface area contributed by atoms with E-state index in [1.807, 2.05) is 0 Å². The van der Waals surface area contributed by atoms with Crippen molar-refractivity contribution in [2.45, 2.75) is 26.2 Å². The molecule has 32 heavy (non-hydrogen) atoms. The van der Waals surface area contributed by atoms with Gasteiger partial charge in [-0.2, -0.15) is 0 Å². The van der Waals surface area contributed by atoms with Crippen LogP contribution in [-0.2, 0) is 6.42 Å². The summed E-state index contributed by atoms with van der Waals surface area (Å²) in [6, 6.07) is 5.65.